The predicted octanol–water partition coefficient (Wildman–Crippen LogP) is 5.37. The molecule has 2 fully saturated rings. The molecule has 0 radical (unpaired) electrons. The van der Waals surface area contributed by atoms with E-state index in [2.05, 4.69) is 58.7 Å². The van der Waals surface area contributed by atoms with Crippen LogP contribution in [0.25, 0.3) is 6.08 Å². The fourth-order valence-corrected chi connectivity index (χ4v) is 6.91. The second kappa shape index (κ2) is 10.6. The van der Waals surface area contributed by atoms with Crippen molar-refractivity contribution in [2.24, 2.45) is 5.92 Å². The Balaban J connectivity index is 1.32. The van der Waals surface area contributed by atoms with Crippen molar-refractivity contribution in [2.45, 2.75) is 75.0 Å². The summed E-state index contributed by atoms with van der Waals surface area (Å²) in [4.78, 5) is 2.41. The maximum atomic E-state index is 11.0. The molecule has 2 aromatic rings. The Morgan fingerprint density at radius 3 is 2.58 bits per heavy atom. The third kappa shape index (κ3) is 5.36. The van der Waals surface area contributed by atoms with Crippen molar-refractivity contribution in [1.82, 2.24) is 4.90 Å². The molecule has 3 aliphatic rings. The molecule has 5 heteroatoms. The normalized spacial score (nSPS) is 28.8. The standard InChI is InChI=1S/C31H36ClNO3/c32-17-16-30(36)14-15-31(26(21-30)8-7-25-20-28(35)9-10-29(25)31)13-1-2-23-3-5-24(6-4-23)22-33-18-11-27(34)12-19-33/h1-6,9-10,20,26-27,34-36H,7-8,11-15,18-19,21-22H2/t26-,30+,31-/m1/s1. The van der Waals surface area contributed by atoms with Crippen molar-refractivity contribution in [3.8, 4) is 17.0 Å². The molecule has 36 heavy (non-hydrogen) atoms. The van der Waals surface area contributed by atoms with Crippen LogP contribution in [0.2, 0.25) is 0 Å². The number of aliphatic hydroxyl groups excluding tert-OH is 1. The minimum Gasteiger partial charge on any atom is -0.508 e. The number of benzene rings is 2. The average Bonchev–Trinajstić information content (AvgIpc) is 2.87. The number of hydrogen-bond donors (Lipinski definition) is 3. The van der Waals surface area contributed by atoms with Gasteiger partial charge in [0.25, 0.3) is 0 Å². The number of hydrogen-bond acceptors (Lipinski definition) is 4. The summed E-state index contributed by atoms with van der Waals surface area (Å²) in [6.45, 7) is 2.84. The van der Waals surface area contributed by atoms with Crippen LogP contribution in [0.4, 0.5) is 0 Å². The van der Waals surface area contributed by atoms with E-state index in [-0.39, 0.29) is 11.5 Å². The maximum absolute atomic E-state index is 11.0. The number of nitrogens with zero attached hydrogens (tertiary/aromatic N) is 1. The van der Waals surface area contributed by atoms with E-state index < -0.39 is 5.60 Å². The van der Waals surface area contributed by atoms with Crippen molar-refractivity contribution in [3.05, 3.63) is 70.8 Å². The number of fused-ring (bicyclic) bond motifs is 3. The van der Waals surface area contributed by atoms with Gasteiger partial charge in [0.1, 0.15) is 11.4 Å². The van der Waals surface area contributed by atoms with E-state index in [0.717, 1.165) is 58.2 Å². The Hall–Kier alpha value is -2.29. The monoisotopic (exact) mass is 505 g/mol. The van der Waals surface area contributed by atoms with Gasteiger partial charge in [-0.1, -0.05) is 48.4 Å². The molecule has 3 N–H and O–H groups in total. The lowest BCUT2D eigenvalue weighted by atomic mass is 9.53. The third-order valence-electron chi connectivity index (χ3n) is 8.75. The average molecular weight is 506 g/mol. The van der Waals surface area contributed by atoms with Gasteiger partial charge in [-0.05, 0) is 103 Å². The summed E-state index contributed by atoms with van der Waals surface area (Å²) in [5.41, 5.74) is 3.93. The number of aromatic hydroxyl groups is 1. The summed E-state index contributed by atoms with van der Waals surface area (Å²) in [5.74, 6) is 3.48. The molecular weight excluding hydrogens is 470 g/mol. The van der Waals surface area contributed by atoms with Crippen LogP contribution in [0.1, 0.15) is 67.2 Å². The lowest BCUT2D eigenvalue weighted by Crippen LogP contribution is -2.49. The van der Waals surface area contributed by atoms with E-state index >= 15 is 0 Å². The molecule has 0 bridgehead atoms. The number of piperidine rings is 1. The zero-order valence-corrected chi connectivity index (χ0v) is 21.6. The molecule has 1 saturated heterocycles. The van der Waals surface area contributed by atoms with Crippen molar-refractivity contribution in [2.75, 3.05) is 13.1 Å². The van der Waals surface area contributed by atoms with Crippen LogP contribution in [0.15, 0.2) is 48.5 Å². The molecule has 2 aromatic carbocycles. The summed E-state index contributed by atoms with van der Waals surface area (Å²) in [5, 5.41) is 33.3. The highest BCUT2D eigenvalue weighted by molar-refractivity contribution is 6.30. The number of halogens is 1. The largest absolute Gasteiger partial charge is 0.508 e. The fraction of sp³-hybridized carbons (Fsp3) is 0.484. The Labute approximate surface area is 219 Å². The first-order valence-corrected chi connectivity index (χ1v) is 13.6. The Kier molecular flexibility index (Phi) is 7.47. The first-order chi connectivity index (χ1) is 17.4. The molecule has 2 aliphatic carbocycles. The number of aliphatic hydroxyl groups is 2. The Morgan fingerprint density at radius 1 is 1.06 bits per heavy atom. The number of phenolic OH excluding ortho intramolecular Hbond substituents is 1. The van der Waals surface area contributed by atoms with E-state index in [9.17, 15) is 15.3 Å². The number of rotatable bonds is 5. The van der Waals surface area contributed by atoms with Gasteiger partial charge in [0, 0.05) is 30.4 Å². The van der Waals surface area contributed by atoms with E-state index in [1.807, 2.05) is 6.07 Å². The molecule has 190 valence electrons. The molecule has 1 aliphatic heterocycles. The lowest BCUT2D eigenvalue weighted by molar-refractivity contribution is -0.00710. The number of likely N-dealkylation sites (tertiary alicyclic amines) is 1. The first-order valence-electron chi connectivity index (χ1n) is 13.2. The number of phenols is 1. The number of allylic oxidation sites excluding steroid dienone is 1. The quantitative estimate of drug-likeness (QED) is 0.478. The first kappa shape index (κ1) is 25.4. The minimum atomic E-state index is -1.02. The van der Waals surface area contributed by atoms with Gasteiger partial charge in [-0.25, -0.2) is 0 Å². The van der Waals surface area contributed by atoms with Crippen molar-refractivity contribution < 1.29 is 15.3 Å². The van der Waals surface area contributed by atoms with Gasteiger partial charge in [-0.15, -0.1) is 0 Å². The van der Waals surface area contributed by atoms with Crippen LogP contribution >= 0.6 is 11.6 Å². The second-order valence-corrected chi connectivity index (χ2v) is 11.2. The summed E-state index contributed by atoms with van der Waals surface area (Å²) >= 11 is 5.68. The van der Waals surface area contributed by atoms with Gasteiger partial charge in [0.2, 0.25) is 0 Å². The molecule has 5 rings (SSSR count). The van der Waals surface area contributed by atoms with E-state index in [1.54, 1.807) is 6.07 Å². The summed E-state index contributed by atoms with van der Waals surface area (Å²) < 4.78 is 0. The van der Waals surface area contributed by atoms with Crippen LogP contribution in [0, 0.1) is 17.2 Å². The number of aryl methyl sites for hydroxylation is 1. The fourth-order valence-electron chi connectivity index (χ4n) is 6.73. The minimum absolute atomic E-state index is 0.0726. The van der Waals surface area contributed by atoms with Gasteiger partial charge in [0.15, 0.2) is 0 Å². The van der Waals surface area contributed by atoms with E-state index in [1.165, 1.54) is 22.3 Å². The van der Waals surface area contributed by atoms with E-state index in [0.29, 0.717) is 24.5 Å². The maximum Gasteiger partial charge on any atom is 0.127 e. The summed E-state index contributed by atoms with van der Waals surface area (Å²) in [7, 11) is 0. The highest BCUT2D eigenvalue weighted by Gasteiger charge is 2.50. The molecular formula is C31H36ClNO3. The molecule has 0 aromatic heterocycles. The highest BCUT2D eigenvalue weighted by atomic mass is 35.5. The lowest BCUT2D eigenvalue weighted by Gasteiger charge is -2.52. The smallest absolute Gasteiger partial charge is 0.127 e. The zero-order valence-electron chi connectivity index (χ0n) is 20.8. The van der Waals surface area contributed by atoms with Crippen molar-refractivity contribution in [1.29, 1.82) is 0 Å². The molecule has 1 heterocycles. The summed E-state index contributed by atoms with van der Waals surface area (Å²) in [6, 6.07) is 14.6. The molecule has 4 nitrogen and oxygen atoms in total. The van der Waals surface area contributed by atoms with Crippen LogP contribution < -0.4 is 0 Å². The third-order valence-corrected chi connectivity index (χ3v) is 8.85. The zero-order chi connectivity index (χ0) is 25.2. The molecule has 0 amide bonds. The molecule has 3 atom stereocenters. The van der Waals surface area contributed by atoms with Crippen LogP contribution in [-0.2, 0) is 18.4 Å². The van der Waals surface area contributed by atoms with Gasteiger partial charge in [0.05, 0.1) is 6.10 Å². The SMILES string of the molecule is Oc1ccc2c(c1)CC[C@@H]1C[C@@](O)(C#CCl)CC[C@@]21CC=Cc1ccc(CN2CCC(O)CC2)cc1. The van der Waals surface area contributed by atoms with Crippen molar-refractivity contribution >= 4 is 17.7 Å². The van der Waals surface area contributed by atoms with Gasteiger partial charge in [-0.2, -0.15) is 0 Å². The highest BCUT2D eigenvalue weighted by Crippen LogP contribution is 2.55. The Bertz CT molecular complexity index is 1160. The Morgan fingerprint density at radius 2 is 1.83 bits per heavy atom. The van der Waals surface area contributed by atoms with Crippen molar-refractivity contribution in [3.63, 3.8) is 0 Å². The summed E-state index contributed by atoms with van der Waals surface area (Å²) in [6.07, 6.45) is 10.9. The van der Waals surface area contributed by atoms with Crippen LogP contribution in [0.3, 0.4) is 0 Å². The molecule has 0 spiro atoms. The predicted molar refractivity (Wildman–Crippen MR) is 145 cm³/mol. The van der Waals surface area contributed by atoms with Gasteiger partial charge >= 0.3 is 0 Å². The molecule has 1 saturated carbocycles. The molecule has 0 unspecified atom stereocenters. The van der Waals surface area contributed by atoms with E-state index in [4.69, 9.17) is 11.6 Å². The van der Waals surface area contributed by atoms with Crippen LogP contribution in [0.5, 0.6) is 5.75 Å². The second-order valence-electron chi connectivity index (χ2n) is 11.0. The van der Waals surface area contributed by atoms with Gasteiger partial charge < -0.3 is 15.3 Å². The topological polar surface area (TPSA) is 63.9 Å². The van der Waals surface area contributed by atoms with Crippen LogP contribution in [-0.4, -0.2) is 45.0 Å². The van der Waals surface area contributed by atoms with Gasteiger partial charge in [-0.3, -0.25) is 4.90 Å².